The molecule has 1 amide bonds. The molecule has 2 rings (SSSR count). The van der Waals surface area contributed by atoms with Crippen LogP contribution in [-0.2, 0) is 17.7 Å². The maximum Gasteiger partial charge on any atom is 0.407 e. The number of alkyl carbamates (subject to hydrolysis) is 1. The van der Waals surface area contributed by atoms with Gasteiger partial charge in [-0.05, 0) is 45.4 Å². The number of carbonyl (C=O) groups is 1. The highest BCUT2D eigenvalue weighted by molar-refractivity contribution is 5.68. The van der Waals surface area contributed by atoms with E-state index in [0.29, 0.717) is 13.0 Å². The summed E-state index contributed by atoms with van der Waals surface area (Å²) in [7, 11) is 1.96. The molecule has 0 unspecified atom stereocenters. The first kappa shape index (κ1) is 21.9. The van der Waals surface area contributed by atoms with Crippen molar-refractivity contribution in [3.8, 4) is 0 Å². The molecule has 28 heavy (non-hydrogen) atoms. The van der Waals surface area contributed by atoms with E-state index in [4.69, 9.17) is 4.74 Å². The molecule has 5 heteroatoms. The predicted molar refractivity (Wildman–Crippen MR) is 112 cm³/mol. The van der Waals surface area contributed by atoms with Crippen molar-refractivity contribution in [2.75, 3.05) is 13.6 Å². The van der Waals surface area contributed by atoms with E-state index in [0.717, 1.165) is 12.1 Å². The van der Waals surface area contributed by atoms with Crippen LogP contribution in [0.1, 0.15) is 31.9 Å². The lowest BCUT2D eigenvalue weighted by atomic mass is 10.0. The van der Waals surface area contributed by atoms with Crippen LogP contribution in [0.25, 0.3) is 0 Å². The third kappa shape index (κ3) is 8.11. The Hall–Kier alpha value is -2.37. The minimum atomic E-state index is -0.735. The second kappa shape index (κ2) is 10.2. The molecule has 0 aliphatic heterocycles. The van der Waals surface area contributed by atoms with Crippen LogP contribution in [0.2, 0.25) is 0 Å². The van der Waals surface area contributed by atoms with Gasteiger partial charge in [-0.25, -0.2) is 4.79 Å². The Labute approximate surface area is 168 Å². The molecular formula is C23H32N2O3. The van der Waals surface area contributed by atoms with E-state index < -0.39 is 23.8 Å². The fourth-order valence-corrected chi connectivity index (χ4v) is 3.02. The van der Waals surface area contributed by atoms with Gasteiger partial charge in [0.1, 0.15) is 5.60 Å². The number of likely N-dealkylation sites (N-methyl/N-ethyl adjacent to an activating group) is 1. The minimum Gasteiger partial charge on any atom is -0.444 e. The van der Waals surface area contributed by atoms with Gasteiger partial charge in [0.2, 0.25) is 0 Å². The number of aliphatic hydroxyl groups excluding tert-OH is 1. The van der Waals surface area contributed by atoms with Crippen molar-refractivity contribution in [1.29, 1.82) is 0 Å². The van der Waals surface area contributed by atoms with Gasteiger partial charge in [0.05, 0.1) is 12.1 Å². The van der Waals surface area contributed by atoms with Crippen LogP contribution < -0.4 is 5.32 Å². The molecule has 0 spiro atoms. The zero-order chi connectivity index (χ0) is 20.6. The highest BCUT2D eigenvalue weighted by Crippen LogP contribution is 2.12. The fraction of sp³-hybridized carbons (Fsp3) is 0.435. The van der Waals surface area contributed by atoms with E-state index in [1.807, 2.05) is 76.3 Å². The van der Waals surface area contributed by atoms with E-state index in [2.05, 4.69) is 22.3 Å². The SMILES string of the molecule is CN(Cc1ccccc1)C[C@H](O)[C@H](Cc1ccccc1)NC(=O)OC(C)(C)C. The summed E-state index contributed by atoms with van der Waals surface area (Å²) in [5.74, 6) is 0. The van der Waals surface area contributed by atoms with Crippen LogP contribution in [0.5, 0.6) is 0 Å². The number of hydrogen-bond acceptors (Lipinski definition) is 4. The van der Waals surface area contributed by atoms with Gasteiger partial charge in [-0.3, -0.25) is 4.90 Å². The van der Waals surface area contributed by atoms with Gasteiger partial charge in [-0.1, -0.05) is 60.7 Å². The van der Waals surface area contributed by atoms with Crippen LogP contribution >= 0.6 is 0 Å². The van der Waals surface area contributed by atoms with Crippen molar-refractivity contribution in [3.63, 3.8) is 0 Å². The molecule has 0 aliphatic carbocycles. The van der Waals surface area contributed by atoms with E-state index in [1.165, 1.54) is 5.56 Å². The summed E-state index contributed by atoms with van der Waals surface area (Å²) in [4.78, 5) is 14.3. The van der Waals surface area contributed by atoms with Crippen molar-refractivity contribution in [2.24, 2.45) is 0 Å². The molecule has 2 N–H and O–H groups in total. The summed E-state index contributed by atoms with van der Waals surface area (Å²) in [5, 5.41) is 13.7. The molecule has 0 saturated heterocycles. The fourth-order valence-electron chi connectivity index (χ4n) is 3.02. The van der Waals surface area contributed by atoms with Gasteiger partial charge in [-0.15, -0.1) is 0 Å². The van der Waals surface area contributed by atoms with E-state index in [9.17, 15) is 9.90 Å². The summed E-state index contributed by atoms with van der Waals surface area (Å²) in [6.07, 6.45) is -0.722. The normalized spacial score (nSPS) is 13.8. The smallest absolute Gasteiger partial charge is 0.407 e. The molecule has 0 saturated carbocycles. The Morgan fingerprint density at radius 2 is 1.57 bits per heavy atom. The highest BCUT2D eigenvalue weighted by atomic mass is 16.6. The standard InChI is InChI=1S/C23H32N2O3/c1-23(2,3)28-22(27)24-20(15-18-11-7-5-8-12-18)21(26)17-25(4)16-19-13-9-6-10-14-19/h5-14,20-21,26H,15-17H2,1-4H3,(H,24,27)/t20-,21-/m0/s1. The summed E-state index contributed by atoms with van der Waals surface area (Å²) in [5.41, 5.74) is 1.64. The lowest BCUT2D eigenvalue weighted by Gasteiger charge is -2.29. The molecule has 0 aromatic heterocycles. The van der Waals surface area contributed by atoms with Crippen LogP contribution in [0, 0.1) is 0 Å². The molecule has 0 radical (unpaired) electrons. The topological polar surface area (TPSA) is 61.8 Å². The van der Waals surface area contributed by atoms with E-state index >= 15 is 0 Å². The molecule has 152 valence electrons. The number of nitrogens with zero attached hydrogens (tertiary/aromatic N) is 1. The second-order valence-electron chi connectivity index (χ2n) is 8.19. The van der Waals surface area contributed by atoms with Crippen molar-refractivity contribution in [1.82, 2.24) is 10.2 Å². The van der Waals surface area contributed by atoms with Gasteiger partial charge >= 0.3 is 6.09 Å². The van der Waals surface area contributed by atoms with Gasteiger partial charge < -0.3 is 15.2 Å². The molecule has 2 aromatic carbocycles. The average Bonchev–Trinajstić information content (AvgIpc) is 2.61. The average molecular weight is 385 g/mol. The van der Waals surface area contributed by atoms with Crippen LogP contribution in [0.3, 0.4) is 0 Å². The first-order valence-corrected chi connectivity index (χ1v) is 9.67. The van der Waals surface area contributed by atoms with Crippen molar-refractivity contribution >= 4 is 6.09 Å². The zero-order valence-corrected chi connectivity index (χ0v) is 17.3. The number of rotatable bonds is 8. The Bertz CT molecular complexity index is 714. The van der Waals surface area contributed by atoms with E-state index in [1.54, 1.807) is 0 Å². The molecule has 2 atom stereocenters. The maximum absolute atomic E-state index is 12.3. The minimum absolute atomic E-state index is 0.433. The van der Waals surface area contributed by atoms with Gasteiger partial charge in [-0.2, -0.15) is 0 Å². The van der Waals surface area contributed by atoms with Crippen LogP contribution in [0.4, 0.5) is 4.79 Å². The number of carbonyl (C=O) groups excluding carboxylic acids is 1. The van der Waals surface area contributed by atoms with Gasteiger partial charge in [0, 0.05) is 13.1 Å². The third-order valence-electron chi connectivity index (χ3n) is 4.26. The molecule has 2 aromatic rings. The Morgan fingerprint density at radius 1 is 1.04 bits per heavy atom. The number of nitrogens with one attached hydrogen (secondary N) is 1. The van der Waals surface area contributed by atoms with Gasteiger partial charge in [0.15, 0.2) is 0 Å². The summed E-state index contributed by atoms with van der Waals surface area (Å²) < 4.78 is 5.38. The highest BCUT2D eigenvalue weighted by Gasteiger charge is 2.25. The molecule has 5 nitrogen and oxygen atoms in total. The monoisotopic (exact) mass is 384 g/mol. The predicted octanol–water partition coefficient (Wildman–Crippen LogP) is 3.62. The lowest BCUT2D eigenvalue weighted by molar-refractivity contribution is 0.0376. The van der Waals surface area contributed by atoms with E-state index in [-0.39, 0.29) is 0 Å². The summed E-state index contributed by atoms with van der Waals surface area (Å²) in [6.45, 7) is 6.62. The number of ether oxygens (including phenoxy) is 1. The van der Waals surface area contributed by atoms with Gasteiger partial charge in [0.25, 0.3) is 0 Å². The Balaban J connectivity index is 2.02. The molecular weight excluding hydrogens is 352 g/mol. The Kier molecular flexibility index (Phi) is 8.03. The van der Waals surface area contributed by atoms with Crippen LogP contribution in [0.15, 0.2) is 60.7 Å². The summed E-state index contributed by atoms with van der Waals surface area (Å²) >= 11 is 0. The van der Waals surface area contributed by atoms with Crippen LogP contribution in [-0.4, -0.2) is 47.4 Å². The lowest BCUT2D eigenvalue weighted by Crippen LogP contribution is -2.50. The zero-order valence-electron chi connectivity index (χ0n) is 17.3. The first-order valence-electron chi connectivity index (χ1n) is 9.67. The molecule has 0 aliphatic rings. The number of amides is 1. The van der Waals surface area contributed by atoms with Crippen molar-refractivity contribution in [3.05, 3.63) is 71.8 Å². The number of hydrogen-bond donors (Lipinski definition) is 2. The quantitative estimate of drug-likeness (QED) is 0.730. The second-order valence-corrected chi connectivity index (χ2v) is 8.19. The van der Waals surface area contributed by atoms with Crippen molar-refractivity contribution < 1.29 is 14.6 Å². The molecule has 0 bridgehead atoms. The largest absolute Gasteiger partial charge is 0.444 e. The first-order chi connectivity index (χ1) is 13.2. The molecule has 0 fully saturated rings. The van der Waals surface area contributed by atoms with Crippen molar-refractivity contribution in [2.45, 2.75) is 51.5 Å². The third-order valence-corrected chi connectivity index (χ3v) is 4.26. The number of benzene rings is 2. The molecule has 0 heterocycles. The maximum atomic E-state index is 12.3. The summed E-state index contributed by atoms with van der Waals surface area (Å²) in [6, 6.07) is 19.5. The number of aliphatic hydroxyl groups is 1. The Morgan fingerprint density at radius 3 is 2.11 bits per heavy atom.